The monoisotopic (exact) mass is 292 g/mol. The van der Waals surface area contributed by atoms with E-state index in [4.69, 9.17) is 0 Å². The molecule has 1 aliphatic rings. The molecule has 0 saturated carbocycles. The number of hydrogen-bond acceptors (Lipinski definition) is 2. The third-order valence-electron chi connectivity index (χ3n) is 4.74. The first-order chi connectivity index (χ1) is 10.2. The molecule has 3 heteroatoms. The van der Waals surface area contributed by atoms with E-state index < -0.39 is 0 Å². The second kappa shape index (κ2) is 7.79. The van der Waals surface area contributed by atoms with Crippen LogP contribution in [0.5, 0.6) is 0 Å². The molecule has 2 nitrogen and oxygen atoms in total. The van der Waals surface area contributed by atoms with Gasteiger partial charge in [-0.15, -0.1) is 0 Å². The van der Waals surface area contributed by atoms with Gasteiger partial charge in [0.1, 0.15) is 5.82 Å². The van der Waals surface area contributed by atoms with Gasteiger partial charge in [0.2, 0.25) is 0 Å². The van der Waals surface area contributed by atoms with Crippen LogP contribution in [0.4, 0.5) is 10.1 Å². The molecule has 1 aromatic rings. The molecule has 118 valence electrons. The highest BCUT2D eigenvalue weighted by Crippen LogP contribution is 2.31. The van der Waals surface area contributed by atoms with Crippen molar-refractivity contribution in [1.29, 1.82) is 0 Å². The molecule has 1 aliphatic heterocycles. The van der Waals surface area contributed by atoms with Gasteiger partial charge in [-0.25, -0.2) is 4.39 Å². The van der Waals surface area contributed by atoms with Gasteiger partial charge in [-0.05, 0) is 50.8 Å². The van der Waals surface area contributed by atoms with Crippen molar-refractivity contribution in [3.05, 3.63) is 29.6 Å². The van der Waals surface area contributed by atoms with Gasteiger partial charge < -0.3 is 10.2 Å². The maximum atomic E-state index is 14.4. The van der Waals surface area contributed by atoms with Gasteiger partial charge in [0.05, 0.1) is 0 Å². The summed E-state index contributed by atoms with van der Waals surface area (Å²) in [4.78, 5) is 2.39. The van der Waals surface area contributed by atoms with Crippen molar-refractivity contribution < 1.29 is 4.39 Å². The zero-order valence-corrected chi connectivity index (χ0v) is 13.7. The molecule has 1 saturated heterocycles. The van der Waals surface area contributed by atoms with Crippen LogP contribution < -0.4 is 10.2 Å². The van der Waals surface area contributed by atoms with Crippen molar-refractivity contribution in [1.82, 2.24) is 5.32 Å². The van der Waals surface area contributed by atoms with E-state index in [9.17, 15) is 4.39 Å². The van der Waals surface area contributed by atoms with Gasteiger partial charge in [0.15, 0.2) is 0 Å². The zero-order valence-electron chi connectivity index (χ0n) is 13.7. The summed E-state index contributed by atoms with van der Waals surface area (Å²) >= 11 is 0. The minimum Gasteiger partial charge on any atom is -0.371 e. The fraction of sp³-hybridized carbons (Fsp3) is 0.667. The average molecular weight is 292 g/mol. The Bertz CT molecular complexity index is 447. The molecule has 2 rings (SSSR count). The lowest BCUT2D eigenvalue weighted by atomic mass is 9.98. The largest absolute Gasteiger partial charge is 0.371 e. The smallest absolute Gasteiger partial charge is 0.130 e. The summed E-state index contributed by atoms with van der Waals surface area (Å²) in [5.41, 5.74) is 1.91. The summed E-state index contributed by atoms with van der Waals surface area (Å²) in [6, 6.07) is 5.56. The average Bonchev–Trinajstić information content (AvgIpc) is 2.72. The first-order valence-electron chi connectivity index (χ1n) is 8.44. The molecule has 0 aromatic heterocycles. The van der Waals surface area contributed by atoms with Crippen LogP contribution in [-0.4, -0.2) is 19.6 Å². The highest BCUT2D eigenvalue weighted by molar-refractivity contribution is 5.55. The Morgan fingerprint density at radius 1 is 1.29 bits per heavy atom. The van der Waals surface area contributed by atoms with Gasteiger partial charge in [0, 0.05) is 30.4 Å². The van der Waals surface area contributed by atoms with Crippen molar-refractivity contribution in [2.75, 3.05) is 24.5 Å². The molecule has 2 unspecified atom stereocenters. The number of rotatable bonds is 5. The Kier molecular flexibility index (Phi) is 6.04. The first kappa shape index (κ1) is 16.3. The lowest BCUT2D eigenvalue weighted by molar-refractivity contribution is 0.459. The zero-order chi connectivity index (χ0) is 15.2. The van der Waals surface area contributed by atoms with E-state index in [1.165, 1.54) is 25.7 Å². The predicted octanol–water partition coefficient (Wildman–Crippen LogP) is 4.51. The van der Waals surface area contributed by atoms with E-state index in [1.807, 2.05) is 6.07 Å². The van der Waals surface area contributed by atoms with Crippen LogP contribution in [0.2, 0.25) is 0 Å². The van der Waals surface area contributed by atoms with Crippen LogP contribution in [-0.2, 0) is 0 Å². The number of hydrogen-bond donors (Lipinski definition) is 1. The molecule has 0 bridgehead atoms. The van der Waals surface area contributed by atoms with Crippen molar-refractivity contribution in [2.45, 2.75) is 52.5 Å². The number of nitrogens with zero attached hydrogens (tertiary/aromatic N) is 1. The number of nitrogens with one attached hydrogen (secondary N) is 1. The quantitative estimate of drug-likeness (QED) is 0.859. The van der Waals surface area contributed by atoms with Crippen LogP contribution in [0.1, 0.15) is 58.1 Å². The van der Waals surface area contributed by atoms with Crippen molar-refractivity contribution >= 4 is 5.69 Å². The number of halogens is 1. The molecule has 1 fully saturated rings. The fourth-order valence-electron chi connectivity index (χ4n) is 3.45. The number of benzene rings is 1. The fourth-order valence-corrected chi connectivity index (χ4v) is 3.45. The lowest BCUT2D eigenvalue weighted by Crippen LogP contribution is -2.28. The molecule has 1 aromatic carbocycles. The number of anilines is 1. The Morgan fingerprint density at radius 3 is 2.81 bits per heavy atom. The Balaban J connectivity index is 2.24. The topological polar surface area (TPSA) is 15.3 Å². The van der Waals surface area contributed by atoms with Crippen molar-refractivity contribution in [3.8, 4) is 0 Å². The minimum absolute atomic E-state index is 0.0522. The maximum Gasteiger partial charge on any atom is 0.130 e. The van der Waals surface area contributed by atoms with Gasteiger partial charge in [-0.3, -0.25) is 0 Å². The normalized spacial score (nSPS) is 21.1. The SMILES string of the molecule is CCNC(C)c1c(F)cccc1N1CCCC(CC)CC1. The maximum absolute atomic E-state index is 14.4. The van der Waals surface area contributed by atoms with Crippen LogP contribution in [0.3, 0.4) is 0 Å². The highest BCUT2D eigenvalue weighted by atomic mass is 19.1. The molecular weight excluding hydrogens is 263 g/mol. The third kappa shape index (κ3) is 3.97. The summed E-state index contributed by atoms with van der Waals surface area (Å²) in [5, 5.41) is 3.35. The second-order valence-electron chi connectivity index (χ2n) is 6.14. The summed E-state index contributed by atoms with van der Waals surface area (Å²) in [6.45, 7) is 9.35. The molecule has 1 N–H and O–H groups in total. The predicted molar refractivity (Wildman–Crippen MR) is 88.3 cm³/mol. The molecule has 0 spiro atoms. The Morgan fingerprint density at radius 2 is 2.10 bits per heavy atom. The van der Waals surface area contributed by atoms with Crippen molar-refractivity contribution in [3.63, 3.8) is 0 Å². The van der Waals surface area contributed by atoms with Crippen LogP contribution in [0, 0.1) is 11.7 Å². The van der Waals surface area contributed by atoms with Crippen LogP contribution >= 0.6 is 0 Å². The Labute approximate surface area is 128 Å². The van der Waals surface area contributed by atoms with Crippen LogP contribution in [0.15, 0.2) is 18.2 Å². The second-order valence-corrected chi connectivity index (χ2v) is 6.14. The third-order valence-corrected chi connectivity index (χ3v) is 4.74. The summed E-state index contributed by atoms with van der Waals surface area (Å²) in [5.74, 6) is 0.746. The molecule has 1 heterocycles. The van der Waals surface area contributed by atoms with Crippen molar-refractivity contribution in [2.24, 2.45) is 5.92 Å². The summed E-state index contributed by atoms with van der Waals surface area (Å²) < 4.78 is 14.4. The molecule has 21 heavy (non-hydrogen) atoms. The highest BCUT2D eigenvalue weighted by Gasteiger charge is 2.22. The minimum atomic E-state index is -0.0859. The van der Waals surface area contributed by atoms with E-state index in [0.717, 1.165) is 36.8 Å². The molecule has 0 radical (unpaired) electrons. The molecule has 2 atom stereocenters. The van der Waals surface area contributed by atoms with Gasteiger partial charge in [-0.2, -0.15) is 0 Å². The van der Waals surface area contributed by atoms with E-state index >= 15 is 0 Å². The van der Waals surface area contributed by atoms with E-state index in [1.54, 1.807) is 6.07 Å². The standard InChI is InChI=1S/C18H29FN2/c1-4-15-8-7-12-21(13-11-15)17-10-6-9-16(19)18(17)14(3)20-5-2/h6,9-10,14-15,20H,4-5,7-8,11-13H2,1-3H3. The van der Waals surface area contributed by atoms with Gasteiger partial charge in [0.25, 0.3) is 0 Å². The van der Waals surface area contributed by atoms with E-state index in [2.05, 4.69) is 37.1 Å². The Hall–Kier alpha value is -1.09. The van der Waals surface area contributed by atoms with E-state index in [-0.39, 0.29) is 11.9 Å². The molecule has 0 aliphatic carbocycles. The first-order valence-corrected chi connectivity index (χ1v) is 8.44. The molecular formula is C18H29FN2. The molecule has 0 amide bonds. The van der Waals surface area contributed by atoms with Gasteiger partial charge >= 0.3 is 0 Å². The van der Waals surface area contributed by atoms with Gasteiger partial charge in [-0.1, -0.05) is 26.3 Å². The summed E-state index contributed by atoms with van der Waals surface area (Å²) in [6.07, 6.45) is 5.00. The van der Waals surface area contributed by atoms with Crippen LogP contribution in [0.25, 0.3) is 0 Å². The van der Waals surface area contributed by atoms with E-state index in [0.29, 0.717) is 0 Å². The summed E-state index contributed by atoms with van der Waals surface area (Å²) in [7, 11) is 0. The lowest BCUT2D eigenvalue weighted by Gasteiger charge is -2.28.